The number of carbonyl (C=O) groups excluding carboxylic acids is 1. The molecular formula is C18H29LiO2. The number of carbonyl (C=O) groups is 1. The van der Waals surface area contributed by atoms with Crippen molar-refractivity contribution in [3.63, 3.8) is 0 Å². The van der Waals surface area contributed by atoms with Crippen LogP contribution in [0.25, 0.3) is 0 Å². The van der Waals surface area contributed by atoms with Crippen LogP contribution >= 0.6 is 0 Å². The van der Waals surface area contributed by atoms with Gasteiger partial charge in [-0.2, -0.15) is 0 Å². The third-order valence-corrected chi connectivity index (χ3v) is 3.03. The van der Waals surface area contributed by atoms with Gasteiger partial charge >= 0.3 is 18.9 Å². The molecule has 0 aromatic carbocycles. The number of hydrogen-bond acceptors (Lipinski definition) is 2. The van der Waals surface area contributed by atoms with E-state index in [2.05, 4.69) is 43.4 Å². The van der Waals surface area contributed by atoms with Gasteiger partial charge in [0.05, 0.1) is 0 Å². The summed E-state index contributed by atoms with van der Waals surface area (Å²) < 4.78 is 0. The summed E-state index contributed by atoms with van der Waals surface area (Å²) >= 11 is 0. The minimum Gasteiger partial charge on any atom is -0.550 e. The van der Waals surface area contributed by atoms with Crippen LogP contribution in [0.2, 0.25) is 0 Å². The fourth-order valence-corrected chi connectivity index (χ4v) is 1.89. The first-order valence-electron chi connectivity index (χ1n) is 7.92. The Morgan fingerprint density at radius 2 is 1.33 bits per heavy atom. The Kier molecular flexibility index (Phi) is 20.7. The molecule has 0 saturated carbocycles. The Balaban J connectivity index is 0. The van der Waals surface area contributed by atoms with Gasteiger partial charge in [-0.3, -0.25) is 0 Å². The van der Waals surface area contributed by atoms with E-state index in [4.69, 9.17) is 0 Å². The summed E-state index contributed by atoms with van der Waals surface area (Å²) in [6, 6.07) is 0. The van der Waals surface area contributed by atoms with Crippen LogP contribution in [0.4, 0.5) is 0 Å². The molecule has 0 unspecified atom stereocenters. The first kappa shape index (κ1) is 22.6. The van der Waals surface area contributed by atoms with Crippen molar-refractivity contribution in [2.45, 2.75) is 71.1 Å². The topological polar surface area (TPSA) is 40.1 Å². The fraction of sp³-hybridized carbons (Fsp3) is 0.611. The van der Waals surface area contributed by atoms with Gasteiger partial charge in [0.1, 0.15) is 0 Å². The van der Waals surface area contributed by atoms with E-state index in [0.717, 1.165) is 44.9 Å². The van der Waals surface area contributed by atoms with E-state index in [9.17, 15) is 9.90 Å². The summed E-state index contributed by atoms with van der Waals surface area (Å²) in [5, 5.41) is 10.2. The van der Waals surface area contributed by atoms with Crippen LogP contribution in [0.5, 0.6) is 0 Å². The molecule has 0 N–H and O–H groups in total. The number of carboxylic acid groups (broad SMARTS) is 1. The van der Waals surface area contributed by atoms with Gasteiger partial charge in [-0.1, -0.05) is 62.6 Å². The zero-order valence-corrected chi connectivity index (χ0v) is 13.9. The van der Waals surface area contributed by atoms with E-state index in [1.54, 1.807) is 0 Å². The number of rotatable bonds is 13. The minimum atomic E-state index is -0.925. The van der Waals surface area contributed by atoms with Crippen molar-refractivity contribution < 1.29 is 28.8 Å². The minimum absolute atomic E-state index is 0. The molecule has 0 spiro atoms. The third kappa shape index (κ3) is 21.7. The van der Waals surface area contributed by atoms with Crippen molar-refractivity contribution in [2.75, 3.05) is 0 Å². The summed E-state index contributed by atoms with van der Waals surface area (Å²) in [7, 11) is 0. The molecule has 0 amide bonds. The molecule has 2 nitrogen and oxygen atoms in total. The maximum absolute atomic E-state index is 10.2. The fourth-order valence-electron chi connectivity index (χ4n) is 1.89. The maximum atomic E-state index is 10.2. The number of carboxylic acids is 1. The molecular weight excluding hydrogens is 255 g/mol. The largest absolute Gasteiger partial charge is 1.00 e. The van der Waals surface area contributed by atoms with Crippen LogP contribution in [0.3, 0.4) is 0 Å². The van der Waals surface area contributed by atoms with E-state index >= 15 is 0 Å². The van der Waals surface area contributed by atoms with Crippen LogP contribution in [-0.2, 0) is 4.79 Å². The third-order valence-electron chi connectivity index (χ3n) is 3.03. The average Bonchev–Trinajstić information content (AvgIpc) is 2.43. The van der Waals surface area contributed by atoms with E-state index in [1.807, 2.05) is 0 Å². The van der Waals surface area contributed by atoms with E-state index in [-0.39, 0.29) is 25.3 Å². The summed E-state index contributed by atoms with van der Waals surface area (Å²) in [5.41, 5.74) is 0. The van der Waals surface area contributed by atoms with Crippen LogP contribution in [0, 0.1) is 0 Å². The van der Waals surface area contributed by atoms with Gasteiger partial charge in [0.25, 0.3) is 0 Å². The molecule has 0 heterocycles. The van der Waals surface area contributed by atoms with Gasteiger partial charge in [-0.15, -0.1) is 0 Å². The second kappa shape index (κ2) is 19.3. The Hall–Kier alpha value is -0.713. The Labute approximate surface area is 142 Å². The molecule has 0 aliphatic heterocycles. The monoisotopic (exact) mass is 284 g/mol. The van der Waals surface area contributed by atoms with Crippen LogP contribution in [0.15, 0.2) is 36.5 Å². The molecule has 3 heteroatoms. The van der Waals surface area contributed by atoms with Gasteiger partial charge in [-0.05, 0) is 44.9 Å². The molecule has 21 heavy (non-hydrogen) atoms. The zero-order valence-electron chi connectivity index (χ0n) is 13.9. The maximum Gasteiger partial charge on any atom is 1.00 e. The van der Waals surface area contributed by atoms with Crippen molar-refractivity contribution in [3.8, 4) is 0 Å². The van der Waals surface area contributed by atoms with Crippen molar-refractivity contribution in [2.24, 2.45) is 0 Å². The molecule has 0 radical (unpaired) electrons. The van der Waals surface area contributed by atoms with Gasteiger partial charge in [0.15, 0.2) is 0 Å². The summed E-state index contributed by atoms with van der Waals surface area (Å²) in [5.74, 6) is -0.925. The predicted molar refractivity (Wildman–Crippen MR) is 84.3 cm³/mol. The summed E-state index contributed by atoms with van der Waals surface area (Å²) in [6.07, 6.45) is 23.0. The number of aliphatic carboxylic acids is 1. The number of allylic oxidation sites excluding steroid dienone is 6. The molecule has 0 aliphatic carbocycles. The number of hydrogen-bond donors (Lipinski definition) is 0. The van der Waals surface area contributed by atoms with Crippen LogP contribution in [0.1, 0.15) is 71.1 Å². The molecule has 0 fully saturated rings. The van der Waals surface area contributed by atoms with Gasteiger partial charge in [-0.25, -0.2) is 0 Å². The standard InChI is InChI=1S/C18H30O2.Li/c1-2-3-4-5-6-7-8-9-10-11-12-13-14-15-16-17-18(19)20;/h3-4,6-7,9-10H,2,5,8,11-17H2,1H3,(H,19,20);/q;+1/p-1. The SMILES string of the molecule is CCC=CCC=CCC=CCCCCCCCC(=O)[O-].[Li+]. The first-order valence-corrected chi connectivity index (χ1v) is 7.92. The van der Waals surface area contributed by atoms with E-state index in [0.29, 0.717) is 0 Å². The molecule has 0 aromatic heterocycles. The van der Waals surface area contributed by atoms with Crippen LogP contribution in [-0.4, -0.2) is 5.97 Å². The molecule has 0 aromatic rings. The molecule has 0 rings (SSSR count). The van der Waals surface area contributed by atoms with Crippen LogP contribution < -0.4 is 24.0 Å². The average molecular weight is 284 g/mol. The quantitative estimate of drug-likeness (QED) is 0.291. The first-order chi connectivity index (χ1) is 9.77. The predicted octanol–water partition coefficient (Wildman–Crippen LogP) is 1.33. The van der Waals surface area contributed by atoms with Gasteiger partial charge in [0, 0.05) is 5.97 Å². The van der Waals surface area contributed by atoms with Crippen molar-refractivity contribution in [1.29, 1.82) is 0 Å². The van der Waals surface area contributed by atoms with Gasteiger partial charge < -0.3 is 9.90 Å². The Bertz CT molecular complexity index is 306. The second-order valence-electron chi connectivity index (χ2n) is 4.97. The normalized spacial score (nSPS) is 11.5. The van der Waals surface area contributed by atoms with E-state index in [1.165, 1.54) is 12.8 Å². The smallest absolute Gasteiger partial charge is 0.550 e. The zero-order chi connectivity index (χ0) is 14.9. The Morgan fingerprint density at radius 1 is 0.810 bits per heavy atom. The number of unbranched alkanes of at least 4 members (excludes halogenated alkanes) is 5. The molecule has 0 saturated heterocycles. The summed E-state index contributed by atoms with van der Waals surface area (Å²) in [4.78, 5) is 10.2. The Morgan fingerprint density at radius 3 is 1.95 bits per heavy atom. The van der Waals surface area contributed by atoms with Crippen molar-refractivity contribution in [3.05, 3.63) is 36.5 Å². The van der Waals surface area contributed by atoms with Crippen molar-refractivity contribution >= 4 is 5.97 Å². The van der Waals surface area contributed by atoms with E-state index < -0.39 is 5.97 Å². The molecule has 0 atom stereocenters. The second-order valence-corrected chi connectivity index (χ2v) is 4.97. The molecule has 0 bridgehead atoms. The van der Waals surface area contributed by atoms with Crippen molar-refractivity contribution in [1.82, 2.24) is 0 Å². The van der Waals surface area contributed by atoms with Gasteiger partial charge in [0.2, 0.25) is 0 Å². The summed E-state index contributed by atoms with van der Waals surface area (Å²) in [6.45, 7) is 2.15. The molecule has 114 valence electrons. The molecule has 0 aliphatic rings.